The fourth-order valence-electron chi connectivity index (χ4n) is 2.96. The highest BCUT2D eigenvalue weighted by Gasteiger charge is 2.30. The van der Waals surface area contributed by atoms with E-state index in [1.54, 1.807) is 6.07 Å². The van der Waals surface area contributed by atoms with Gasteiger partial charge in [-0.1, -0.05) is 12.1 Å². The lowest BCUT2D eigenvalue weighted by molar-refractivity contribution is -0.137. The van der Waals surface area contributed by atoms with Crippen LogP contribution < -0.4 is 9.47 Å². The van der Waals surface area contributed by atoms with E-state index in [-0.39, 0.29) is 5.75 Å². The molecule has 134 valence electrons. The summed E-state index contributed by atoms with van der Waals surface area (Å²) in [6.45, 7) is 3.01. The molecular formula is C19H20F3NO2. The Morgan fingerprint density at radius 2 is 1.76 bits per heavy atom. The first kappa shape index (κ1) is 17.6. The molecule has 0 aromatic heterocycles. The molecule has 1 aliphatic rings. The molecular weight excluding hydrogens is 331 g/mol. The highest BCUT2D eigenvalue weighted by molar-refractivity contribution is 5.46. The molecule has 0 amide bonds. The van der Waals surface area contributed by atoms with Crippen LogP contribution in [0.5, 0.6) is 17.2 Å². The standard InChI is InChI=1S/C19H20F3NO2/c1-24-18-11-14(13-23-9-2-3-10-23)7-8-17(18)25-16-6-4-5-15(12-16)19(20,21)22/h4-8,11-12H,2-3,9-10,13H2,1H3. The largest absolute Gasteiger partial charge is 0.493 e. The van der Waals surface area contributed by atoms with Crippen molar-refractivity contribution in [2.75, 3.05) is 20.2 Å². The molecule has 3 nitrogen and oxygen atoms in total. The van der Waals surface area contributed by atoms with Crippen LogP contribution in [-0.2, 0) is 12.7 Å². The Bertz CT molecular complexity index is 725. The van der Waals surface area contributed by atoms with Crippen molar-refractivity contribution in [3.05, 3.63) is 53.6 Å². The second-order valence-electron chi connectivity index (χ2n) is 6.10. The van der Waals surface area contributed by atoms with Crippen molar-refractivity contribution in [2.24, 2.45) is 0 Å². The summed E-state index contributed by atoms with van der Waals surface area (Å²) in [6.07, 6.45) is -1.97. The lowest BCUT2D eigenvalue weighted by Gasteiger charge is -2.17. The van der Waals surface area contributed by atoms with E-state index in [0.717, 1.165) is 37.3 Å². The third-order valence-electron chi connectivity index (χ3n) is 4.22. The number of benzene rings is 2. The van der Waals surface area contributed by atoms with E-state index >= 15 is 0 Å². The zero-order chi connectivity index (χ0) is 17.9. The predicted octanol–water partition coefficient (Wildman–Crippen LogP) is 5.10. The molecule has 3 rings (SSSR count). The molecule has 0 radical (unpaired) electrons. The van der Waals surface area contributed by atoms with Gasteiger partial charge >= 0.3 is 6.18 Å². The SMILES string of the molecule is COc1cc(CN2CCCC2)ccc1Oc1cccc(C(F)(F)F)c1. The maximum atomic E-state index is 12.8. The van der Waals surface area contributed by atoms with Crippen molar-refractivity contribution in [3.63, 3.8) is 0 Å². The fourth-order valence-corrected chi connectivity index (χ4v) is 2.96. The lowest BCUT2D eigenvalue weighted by atomic mass is 10.2. The van der Waals surface area contributed by atoms with Crippen LogP contribution in [0.3, 0.4) is 0 Å². The minimum atomic E-state index is -4.40. The molecule has 2 aromatic rings. The average Bonchev–Trinajstić information content (AvgIpc) is 3.09. The number of alkyl halides is 3. The van der Waals surface area contributed by atoms with Gasteiger partial charge < -0.3 is 9.47 Å². The van der Waals surface area contributed by atoms with Crippen molar-refractivity contribution < 1.29 is 22.6 Å². The van der Waals surface area contributed by atoms with Crippen molar-refractivity contribution in [1.29, 1.82) is 0 Å². The summed E-state index contributed by atoms with van der Waals surface area (Å²) in [5, 5.41) is 0. The Balaban J connectivity index is 1.78. The molecule has 0 bridgehead atoms. The molecule has 0 spiro atoms. The smallest absolute Gasteiger partial charge is 0.416 e. The Kier molecular flexibility index (Phi) is 5.18. The van der Waals surface area contributed by atoms with E-state index < -0.39 is 11.7 Å². The van der Waals surface area contributed by atoms with Gasteiger partial charge in [0.2, 0.25) is 0 Å². The number of nitrogens with zero attached hydrogens (tertiary/aromatic N) is 1. The van der Waals surface area contributed by atoms with Gasteiger partial charge in [-0.05, 0) is 61.8 Å². The number of methoxy groups -OCH3 is 1. The lowest BCUT2D eigenvalue weighted by Crippen LogP contribution is -2.18. The molecule has 0 atom stereocenters. The number of hydrogen-bond donors (Lipinski definition) is 0. The molecule has 1 fully saturated rings. The highest BCUT2D eigenvalue weighted by Crippen LogP contribution is 2.36. The molecule has 0 aliphatic carbocycles. The maximum Gasteiger partial charge on any atom is 0.416 e. The van der Waals surface area contributed by atoms with Gasteiger partial charge in [0.15, 0.2) is 11.5 Å². The summed E-state index contributed by atoms with van der Waals surface area (Å²) in [5.41, 5.74) is 0.352. The second kappa shape index (κ2) is 7.35. The molecule has 1 aliphatic heterocycles. The topological polar surface area (TPSA) is 21.7 Å². The summed E-state index contributed by atoms with van der Waals surface area (Å²) in [7, 11) is 1.52. The molecule has 2 aromatic carbocycles. The van der Waals surface area contributed by atoms with Gasteiger partial charge in [-0.3, -0.25) is 4.90 Å². The number of ether oxygens (including phenoxy) is 2. The van der Waals surface area contributed by atoms with E-state index in [1.807, 2.05) is 12.1 Å². The summed E-state index contributed by atoms with van der Waals surface area (Å²) in [5.74, 6) is 1.03. The number of rotatable bonds is 5. The molecule has 25 heavy (non-hydrogen) atoms. The van der Waals surface area contributed by atoms with Crippen LogP contribution in [0.4, 0.5) is 13.2 Å². The number of hydrogen-bond acceptors (Lipinski definition) is 3. The van der Waals surface area contributed by atoms with Crippen LogP contribution in [-0.4, -0.2) is 25.1 Å². The monoisotopic (exact) mass is 351 g/mol. The zero-order valence-electron chi connectivity index (χ0n) is 14.0. The zero-order valence-corrected chi connectivity index (χ0v) is 14.0. The third kappa shape index (κ3) is 4.45. The summed E-state index contributed by atoms with van der Waals surface area (Å²) < 4.78 is 49.4. The van der Waals surface area contributed by atoms with E-state index in [1.165, 1.54) is 32.1 Å². The Labute approximate surface area is 145 Å². The third-order valence-corrected chi connectivity index (χ3v) is 4.22. The van der Waals surface area contributed by atoms with Gasteiger partial charge in [0.1, 0.15) is 5.75 Å². The summed E-state index contributed by atoms with van der Waals surface area (Å²) in [4.78, 5) is 2.36. The van der Waals surface area contributed by atoms with Crippen molar-refractivity contribution in [2.45, 2.75) is 25.6 Å². The van der Waals surface area contributed by atoms with Gasteiger partial charge in [0, 0.05) is 6.54 Å². The minimum absolute atomic E-state index is 0.125. The van der Waals surface area contributed by atoms with Crippen LogP contribution in [0.25, 0.3) is 0 Å². The van der Waals surface area contributed by atoms with Gasteiger partial charge in [-0.25, -0.2) is 0 Å². The molecule has 0 saturated carbocycles. The van der Waals surface area contributed by atoms with Crippen LogP contribution in [0.1, 0.15) is 24.0 Å². The molecule has 6 heteroatoms. The molecule has 0 unspecified atom stereocenters. The normalized spacial score (nSPS) is 15.4. The van der Waals surface area contributed by atoms with Gasteiger partial charge in [0.05, 0.1) is 12.7 Å². The van der Waals surface area contributed by atoms with Gasteiger partial charge in [-0.15, -0.1) is 0 Å². The van der Waals surface area contributed by atoms with E-state index in [4.69, 9.17) is 9.47 Å². The Hall–Kier alpha value is -2.21. The minimum Gasteiger partial charge on any atom is -0.493 e. The van der Waals surface area contributed by atoms with Crippen molar-refractivity contribution in [3.8, 4) is 17.2 Å². The molecule has 0 N–H and O–H groups in total. The first-order chi connectivity index (χ1) is 12.0. The summed E-state index contributed by atoms with van der Waals surface area (Å²) >= 11 is 0. The first-order valence-electron chi connectivity index (χ1n) is 8.20. The predicted molar refractivity (Wildman–Crippen MR) is 89.0 cm³/mol. The van der Waals surface area contributed by atoms with Crippen LogP contribution in [0.15, 0.2) is 42.5 Å². The van der Waals surface area contributed by atoms with Crippen molar-refractivity contribution in [1.82, 2.24) is 4.90 Å². The average molecular weight is 351 g/mol. The van der Waals surface area contributed by atoms with E-state index in [9.17, 15) is 13.2 Å². The van der Waals surface area contributed by atoms with Gasteiger partial charge in [-0.2, -0.15) is 13.2 Å². The van der Waals surface area contributed by atoms with Crippen LogP contribution in [0.2, 0.25) is 0 Å². The van der Waals surface area contributed by atoms with Crippen LogP contribution >= 0.6 is 0 Å². The Morgan fingerprint density at radius 3 is 2.44 bits per heavy atom. The number of halogens is 3. The molecule has 1 heterocycles. The van der Waals surface area contributed by atoms with Crippen LogP contribution in [0, 0.1) is 0 Å². The van der Waals surface area contributed by atoms with E-state index in [0.29, 0.717) is 11.5 Å². The quantitative estimate of drug-likeness (QED) is 0.748. The van der Waals surface area contributed by atoms with E-state index in [2.05, 4.69) is 4.90 Å². The summed E-state index contributed by atoms with van der Waals surface area (Å²) in [6, 6.07) is 10.4. The van der Waals surface area contributed by atoms with Crippen molar-refractivity contribution >= 4 is 0 Å². The molecule has 1 saturated heterocycles. The first-order valence-corrected chi connectivity index (χ1v) is 8.20. The Morgan fingerprint density at radius 1 is 1.00 bits per heavy atom. The van der Waals surface area contributed by atoms with Gasteiger partial charge in [0.25, 0.3) is 0 Å². The number of likely N-dealkylation sites (tertiary alicyclic amines) is 1. The maximum absolute atomic E-state index is 12.8. The highest BCUT2D eigenvalue weighted by atomic mass is 19.4. The second-order valence-corrected chi connectivity index (χ2v) is 6.10. The fraction of sp³-hybridized carbons (Fsp3) is 0.368.